The molecule has 0 saturated heterocycles. The molecule has 0 atom stereocenters. The van der Waals surface area contributed by atoms with Crippen molar-refractivity contribution in [1.82, 2.24) is 34.9 Å². The number of nitrogens with zero attached hydrogens (tertiary/aromatic N) is 4. The summed E-state index contributed by atoms with van der Waals surface area (Å²) in [5.74, 6) is 0.101. The molecule has 0 spiro atoms. The number of rotatable bonds is 8. The summed E-state index contributed by atoms with van der Waals surface area (Å²) in [5.41, 5.74) is 6.34. The summed E-state index contributed by atoms with van der Waals surface area (Å²) in [6.45, 7) is -0.0354. The summed E-state index contributed by atoms with van der Waals surface area (Å²) in [6.07, 6.45) is 7.86. The average molecular weight is 597 g/mol. The van der Waals surface area contributed by atoms with E-state index in [2.05, 4.69) is 35.2 Å². The molecule has 11 nitrogen and oxygen atoms in total. The van der Waals surface area contributed by atoms with Crippen LogP contribution in [0.1, 0.15) is 18.4 Å². The molecule has 6 aromatic rings. The van der Waals surface area contributed by atoms with Gasteiger partial charge in [-0.05, 0) is 60.4 Å². The van der Waals surface area contributed by atoms with Gasteiger partial charge in [-0.15, -0.1) is 0 Å². The first-order valence-electron chi connectivity index (χ1n) is 13.5. The summed E-state index contributed by atoms with van der Waals surface area (Å²) in [7, 11) is -3.44. The van der Waals surface area contributed by atoms with E-state index in [9.17, 15) is 17.6 Å². The molecule has 4 N–H and O–H groups in total. The van der Waals surface area contributed by atoms with Gasteiger partial charge in [0.15, 0.2) is 5.82 Å². The second-order valence-electron chi connectivity index (χ2n) is 10.6. The summed E-state index contributed by atoms with van der Waals surface area (Å²) in [6, 6.07) is 13.7. The summed E-state index contributed by atoms with van der Waals surface area (Å²) >= 11 is 0. The van der Waals surface area contributed by atoms with Crippen molar-refractivity contribution in [2.45, 2.75) is 19.4 Å². The molecule has 2 aromatic carbocycles. The Morgan fingerprint density at radius 2 is 1.91 bits per heavy atom. The molecule has 7 rings (SSSR count). The predicted molar refractivity (Wildman–Crippen MR) is 161 cm³/mol. The number of hydrogen-bond acceptors (Lipinski definition) is 7. The molecule has 13 heteroatoms. The van der Waals surface area contributed by atoms with E-state index >= 15 is 0 Å². The van der Waals surface area contributed by atoms with Crippen LogP contribution in [0, 0.1) is 11.7 Å². The maximum Gasteiger partial charge on any atom is 0.227 e. The molecule has 0 aliphatic heterocycles. The van der Waals surface area contributed by atoms with E-state index in [0.29, 0.717) is 50.6 Å². The zero-order valence-electron chi connectivity index (χ0n) is 22.8. The zero-order valence-corrected chi connectivity index (χ0v) is 23.7. The van der Waals surface area contributed by atoms with Crippen LogP contribution in [0.25, 0.3) is 55.8 Å². The van der Waals surface area contributed by atoms with Crippen molar-refractivity contribution in [3.05, 3.63) is 78.5 Å². The Kier molecular flexibility index (Phi) is 6.47. The molecule has 0 bridgehead atoms. The molecule has 1 fully saturated rings. The van der Waals surface area contributed by atoms with Crippen LogP contribution in [0.4, 0.5) is 10.1 Å². The lowest BCUT2D eigenvalue weighted by atomic mass is 10.0. The largest absolute Gasteiger partial charge is 0.337 e. The fourth-order valence-electron chi connectivity index (χ4n) is 4.99. The first-order chi connectivity index (χ1) is 20.7. The molecule has 43 heavy (non-hydrogen) atoms. The number of H-pyrrole nitrogens is 2. The lowest BCUT2D eigenvalue weighted by Gasteiger charge is -2.08. The zero-order chi connectivity index (χ0) is 29.7. The maximum atomic E-state index is 14.6. The van der Waals surface area contributed by atoms with Crippen molar-refractivity contribution in [3.63, 3.8) is 0 Å². The number of nitrogens with one attached hydrogen (secondary N) is 4. The highest BCUT2D eigenvalue weighted by Gasteiger charge is 2.29. The first kappa shape index (κ1) is 26.9. The van der Waals surface area contributed by atoms with Gasteiger partial charge in [-0.3, -0.25) is 19.9 Å². The van der Waals surface area contributed by atoms with Gasteiger partial charge >= 0.3 is 0 Å². The molecule has 4 aromatic heterocycles. The number of amides is 1. The molecular weight excluding hydrogens is 571 g/mol. The Bertz CT molecular complexity index is 2150. The van der Waals surface area contributed by atoms with E-state index in [4.69, 9.17) is 4.98 Å². The number of para-hydroxylation sites is 1. The van der Waals surface area contributed by atoms with Gasteiger partial charge in [0.05, 0.1) is 46.6 Å². The third-order valence-corrected chi connectivity index (χ3v) is 7.91. The van der Waals surface area contributed by atoms with Crippen molar-refractivity contribution >= 4 is 43.6 Å². The lowest BCUT2D eigenvalue weighted by Crippen LogP contribution is -2.21. The number of benzene rings is 2. The predicted octanol–water partition coefficient (Wildman–Crippen LogP) is 4.77. The van der Waals surface area contributed by atoms with Gasteiger partial charge < -0.3 is 10.3 Å². The number of fused-ring (bicyclic) bond motifs is 2. The SMILES string of the molecule is CS(=O)(=O)NCc1cc(F)cc(-c2cccc3[nH]c(-c4n[nH]c5cnc(-c6cncc(NC(=O)C7CC7)c6)cc45)nc23)c1. The average Bonchev–Trinajstić information content (AvgIpc) is 3.61. The van der Waals surface area contributed by atoms with E-state index in [1.165, 1.54) is 12.1 Å². The number of sulfonamides is 1. The van der Waals surface area contributed by atoms with E-state index in [1.807, 2.05) is 30.3 Å². The lowest BCUT2D eigenvalue weighted by molar-refractivity contribution is -0.117. The third kappa shape index (κ3) is 5.59. The smallest absolute Gasteiger partial charge is 0.227 e. The fraction of sp³-hybridized carbons (Fsp3) is 0.167. The van der Waals surface area contributed by atoms with Gasteiger partial charge in [0.25, 0.3) is 0 Å². The molecule has 1 saturated carbocycles. The van der Waals surface area contributed by atoms with Gasteiger partial charge in [0.1, 0.15) is 11.5 Å². The van der Waals surface area contributed by atoms with Gasteiger partial charge in [-0.2, -0.15) is 5.10 Å². The molecule has 1 aliphatic rings. The van der Waals surface area contributed by atoms with Crippen LogP contribution in [0.3, 0.4) is 0 Å². The Morgan fingerprint density at radius 3 is 2.72 bits per heavy atom. The van der Waals surface area contributed by atoms with Crippen molar-refractivity contribution in [2.75, 3.05) is 11.6 Å². The van der Waals surface area contributed by atoms with Crippen LogP contribution in [0.5, 0.6) is 0 Å². The van der Waals surface area contributed by atoms with Crippen LogP contribution >= 0.6 is 0 Å². The number of aromatic nitrogens is 6. The highest BCUT2D eigenvalue weighted by molar-refractivity contribution is 7.88. The Labute approximate surface area is 245 Å². The number of halogens is 1. The number of anilines is 1. The molecular formula is C30H25FN8O3S. The van der Waals surface area contributed by atoms with E-state index in [0.717, 1.165) is 35.6 Å². The summed E-state index contributed by atoms with van der Waals surface area (Å²) in [5, 5.41) is 11.2. The number of carbonyl (C=O) groups excluding carboxylic acids is 1. The van der Waals surface area contributed by atoms with E-state index < -0.39 is 15.8 Å². The third-order valence-electron chi connectivity index (χ3n) is 7.24. The van der Waals surface area contributed by atoms with Gasteiger partial charge in [-0.25, -0.2) is 22.5 Å². The van der Waals surface area contributed by atoms with Crippen LogP contribution in [0.2, 0.25) is 0 Å². The first-order valence-corrected chi connectivity index (χ1v) is 15.4. The van der Waals surface area contributed by atoms with Crippen LogP contribution in [-0.2, 0) is 21.4 Å². The molecule has 4 heterocycles. The number of pyridine rings is 2. The van der Waals surface area contributed by atoms with Crippen LogP contribution < -0.4 is 10.0 Å². The highest BCUT2D eigenvalue weighted by atomic mass is 32.2. The second-order valence-corrected chi connectivity index (χ2v) is 12.5. The molecule has 1 aliphatic carbocycles. The van der Waals surface area contributed by atoms with Crippen LogP contribution in [-0.4, -0.2) is 50.7 Å². The van der Waals surface area contributed by atoms with E-state index in [1.54, 1.807) is 24.7 Å². The van der Waals surface area contributed by atoms with Gasteiger partial charge in [0, 0.05) is 35.2 Å². The van der Waals surface area contributed by atoms with Crippen molar-refractivity contribution < 1.29 is 17.6 Å². The molecule has 0 unspecified atom stereocenters. The van der Waals surface area contributed by atoms with Crippen molar-refractivity contribution in [1.29, 1.82) is 0 Å². The van der Waals surface area contributed by atoms with Gasteiger partial charge in [0.2, 0.25) is 15.9 Å². The van der Waals surface area contributed by atoms with Crippen molar-refractivity contribution in [3.8, 4) is 33.9 Å². The maximum absolute atomic E-state index is 14.6. The Balaban J connectivity index is 1.25. The minimum atomic E-state index is -3.44. The normalized spacial score (nSPS) is 13.5. The van der Waals surface area contributed by atoms with E-state index in [-0.39, 0.29) is 18.4 Å². The summed E-state index contributed by atoms with van der Waals surface area (Å²) in [4.78, 5) is 29.2. The quantitative estimate of drug-likeness (QED) is 0.197. The topological polar surface area (TPSA) is 158 Å². The minimum Gasteiger partial charge on any atom is -0.337 e. The Morgan fingerprint density at radius 1 is 1.05 bits per heavy atom. The number of aromatic amines is 2. The Hall–Kier alpha value is -5.01. The standard InChI is InChI=1S/C30H25FN8O3S/c1-43(41,42)34-12-16-7-18(9-20(31)8-16)22-3-2-4-24-27(22)37-29(36-24)28-23-11-25(33-15-26(23)38-39-28)19-10-21(14-32-13-19)35-30(40)17-5-6-17/h2-4,7-11,13-15,17,34H,5-6,12H2,1H3,(H,35,40)(H,36,37)(H,38,39). The number of carbonyl (C=O) groups is 1. The van der Waals surface area contributed by atoms with Crippen molar-refractivity contribution in [2.24, 2.45) is 5.92 Å². The van der Waals surface area contributed by atoms with Crippen LogP contribution in [0.15, 0.2) is 67.1 Å². The second kappa shape index (κ2) is 10.4. The minimum absolute atomic E-state index is 0.00349. The van der Waals surface area contributed by atoms with Gasteiger partial charge in [-0.1, -0.05) is 12.1 Å². The monoisotopic (exact) mass is 596 g/mol. The highest BCUT2D eigenvalue weighted by Crippen LogP contribution is 2.34. The summed E-state index contributed by atoms with van der Waals surface area (Å²) < 4.78 is 40.1. The fourth-order valence-corrected chi connectivity index (χ4v) is 5.42. The number of hydrogen-bond donors (Lipinski definition) is 4. The number of imidazole rings is 1. The molecule has 216 valence electrons. The molecule has 0 radical (unpaired) electrons. The molecule has 1 amide bonds.